The average Bonchev–Trinajstić information content (AvgIpc) is 2.50. The molecule has 1 unspecified atom stereocenters. The molecule has 1 rings (SSSR count). The van der Waals surface area contributed by atoms with Gasteiger partial charge < -0.3 is 19.5 Å². The van der Waals surface area contributed by atoms with Gasteiger partial charge in [0.1, 0.15) is 5.75 Å². The summed E-state index contributed by atoms with van der Waals surface area (Å²) in [7, 11) is 3.09. The molecule has 0 heterocycles. The molecular weight excluding hydrogens is 274 g/mol. The molecule has 1 atom stereocenters. The number of hydrogen-bond donors (Lipinski definition) is 1. The van der Waals surface area contributed by atoms with E-state index in [2.05, 4.69) is 0 Å². The molecule has 0 radical (unpaired) electrons. The largest absolute Gasteiger partial charge is 0.497 e. The highest BCUT2D eigenvalue weighted by atomic mass is 16.5. The first-order chi connectivity index (χ1) is 9.99. The first-order valence-corrected chi connectivity index (χ1v) is 6.64. The number of carbonyl (C=O) groups excluding carboxylic acids is 1. The maximum atomic E-state index is 12.4. The second-order valence-electron chi connectivity index (χ2n) is 4.71. The van der Waals surface area contributed by atoms with Crippen molar-refractivity contribution in [1.29, 1.82) is 0 Å². The lowest BCUT2D eigenvalue weighted by atomic mass is 10.1. The van der Waals surface area contributed by atoms with Gasteiger partial charge >= 0.3 is 5.97 Å². The van der Waals surface area contributed by atoms with E-state index in [9.17, 15) is 9.59 Å². The fourth-order valence-corrected chi connectivity index (χ4v) is 1.80. The number of amides is 1. The monoisotopic (exact) mass is 295 g/mol. The maximum Gasteiger partial charge on any atom is 0.308 e. The number of aliphatic carboxylic acids is 1. The molecule has 0 bridgehead atoms. The van der Waals surface area contributed by atoms with Crippen LogP contribution in [0.5, 0.6) is 5.75 Å². The molecule has 1 aromatic carbocycles. The minimum atomic E-state index is -0.931. The third-order valence-corrected chi connectivity index (χ3v) is 3.11. The zero-order valence-corrected chi connectivity index (χ0v) is 12.5. The van der Waals surface area contributed by atoms with Crippen molar-refractivity contribution in [2.75, 3.05) is 33.9 Å². The second kappa shape index (κ2) is 8.26. The Bertz CT molecular complexity index is 471. The number of nitrogens with zero attached hydrogens (tertiary/aromatic N) is 1. The molecule has 0 aliphatic rings. The molecule has 0 aliphatic heterocycles. The van der Waals surface area contributed by atoms with Gasteiger partial charge in [0.05, 0.1) is 19.6 Å². The Morgan fingerprint density at radius 1 is 1.24 bits per heavy atom. The highest BCUT2D eigenvalue weighted by Crippen LogP contribution is 2.14. The van der Waals surface area contributed by atoms with E-state index < -0.39 is 11.9 Å². The second-order valence-corrected chi connectivity index (χ2v) is 4.71. The van der Waals surface area contributed by atoms with E-state index in [1.54, 1.807) is 38.3 Å². The van der Waals surface area contributed by atoms with Crippen LogP contribution in [-0.2, 0) is 9.53 Å². The summed E-state index contributed by atoms with van der Waals surface area (Å²) < 4.78 is 10.0. The van der Waals surface area contributed by atoms with Crippen LogP contribution in [0.3, 0.4) is 0 Å². The Hall–Kier alpha value is -2.08. The van der Waals surface area contributed by atoms with Gasteiger partial charge in [-0.1, -0.05) is 6.92 Å². The van der Waals surface area contributed by atoms with Crippen molar-refractivity contribution in [1.82, 2.24) is 4.90 Å². The van der Waals surface area contributed by atoms with Crippen molar-refractivity contribution >= 4 is 11.9 Å². The van der Waals surface area contributed by atoms with Gasteiger partial charge in [0.25, 0.3) is 5.91 Å². The SMILES string of the molecule is COCCN(CC(C)C(=O)O)C(=O)c1ccc(OC)cc1. The molecular formula is C15H21NO5. The highest BCUT2D eigenvalue weighted by Gasteiger charge is 2.21. The normalized spacial score (nSPS) is 11.8. The topological polar surface area (TPSA) is 76.1 Å². The minimum Gasteiger partial charge on any atom is -0.497 e. The fourth-order valence-electron chi connectivity index (χ4n) is 1.80. The molecule has 0 fully saturated rings. The number of methoxy groups -OCH3 is 2. The van der Waals surface area contributed by atoms with Crippen LogP contribution in [0, 0.1) is 5.92 Å². The van der Waals surface area contributed by atoms with Crippen LogP contribution in [0.2, 0.25) is 0 Å². The first-order valence-electron chi connectivity index (χ1n) is 6.64. The predicted molar refractivity (Wildman–Crippen MR) is 77.6 cm³/mol. The van der Waals surface area contributed by atoms with E-state index in [0.29, 0.717) is 24.5 Å². The van der Waals surface area contributed by atoms with Gasteiger partial charge in [-0.25, -0.2) is 0 Å². The number of hydrogen-bond acceptors (Lipinski definition) is 4. The van der Waals surface area contributed by atoms with Gasteiger partial charge in [-0.15, -0.1) is 0 Å². The maximum absolute atomic E-state index is 12.4. The number of carbonyl (C=O) groups is 2. The van der Waals surface area contributed by atoms with Crippen molar-refractivity contribution in [3.8, 4) is 5.75 Å². The number of carboxylic acid groups (broad SMARTS) is 1. The third-order valence-electron chi connectivity index (χ3n) is 3.11. The van der Waals surface area contributed by atoms with Crippen LogP contribution in [0.25, 0.3) is 0 Å². The van der Waals surface area contributed by atoms with E-state index in [-0.39, 0.29) is 12.5 Å². The zero-order valence-electron chi connectivity index (χ0n) is 12.5. The zero-order chi connectivity index (χ0) is 15.8. The molecule has 1 amide bonds. The third kappa shape index (κ3) is 5.07. The van der Waals surface area contributed by atoms with Gasteiger partial charge in [0.15, 0.2) is 0 Å². The summed E-state index contributed by atoms with van der Waals surface area (Å²) in [5, 5.41) is 8.99. The van der Waals surface area contributed by atoms with Crippen LogP contribution in [0.4, 0.5) is 0 Å². The van der Waals surface area contributed by atoms with Gasteiger partial charge in [0.2, 0.25) is 0 Å². The van der Waals surface area contributed by atoms with E-state index in [1.807, 2.05) is 0 Å². The Morgan fingerprint density at radius 3 is 2.33 bits per heavy atom. The molecule has 6 heteroatoms. The standard InChI is InChI=1S/C15H21NO5/c1-11(15(18)19)10-16(8-9-20-2)14(17)12-4-6-13(21-3)7-5-12/h4-7,11H,8-10H2,1-3H3,(H,18,19). The van der Waals surface area contributed by atoms with Crippen molar-refractivity contribution < 1.29 is 24.2 Å². The number of carboxylic acids is 1. The smallest absolute Gasteiger partial charge is 0.308 e. The van der Waals surface area contributed by atoms with Crippen LogP contribution >= 0.6 is 0 Å². The summed E-state index contributed by atoms with van der Waals surface area (Å²) in [4.78, 5) is 24.9. The van der Waals surface area contributed by atoms with Crippen molar-refractivity contribution in [3.63, 3.8) is 0 Å². The molecule has 0 aromatic heterocycles. The van der Waals surface area contributed by atoms with Crippen molar-refractivity contribution in [2.24, 2.45) is 5.92 Å². The van der Waals surface area contributed by atoms with Crippen LogP contribution in [0.15, 0.2) is 24.3 Å². The number of ether oxygens (including phenoxy) is 2. The van der Waals surface area contributed by atoms with Crippen LogP contribution in [-0.4, -0.2) is 55.8 Å². The number of rotatable bonds is 8. The lowest BCUT2D eigenvalue weighted by molar-refractivity contribution is -0.141. The average molecular weight is 295 g/mol. The molecule has 0 saturated heterocycles. The fraction of sp³-hybridized carbons (Fsp3) is 0.467. The quantitative estimate of drug-likeness (QED) is 0.786. The highest BCUT2D eigenvalue weighted by molar-refractivity contribution is 5.94. The van der Waals surface area contributed by atoms with Gasteiger partial charge in [-0.3, -0.25) is 9.59 Å². The van der Waals surface area contributed by atoms with Gasteiger partial charge in [-0.2, -0.15) is 0 Å². The van der Waals surface area contributed by atoms with E-state index >= 15 is 0 Å². The predicted octanol–water partition coefficient (Wildman–Crippen LogP) is 1.50. The van der Waals surface area contributed by atoms with Crippen LogP contribution in [0.1, 0.15) is 17.3 Å². The molecule has 0 saturated carbocycles. The summed E-state index contributed by atoms with van der Waals surface area (Å²) in [6.07, 6.45) is 0. The summed E-state index contributed by atoms with van der Waals surface area (Å²) in [5.74, 6) is -1.12. The molecule has 1 aromatic rings. The Labute approximate surface area is 124 Å². The first kappa shape index (κ1) is 17.0. The molecule has 21 heavy (non-hydrogen) atoms. The minimum absolute atomic E-state index is 0.142. The van der Waals surface area contributed by atoms with E-state index in [1.165, 1.54) is 12.0 Å². The van der Waals surface area contributed by atoms with Crippen LogP contribution < -0.4 is 4.74 Å². The lowest BCUT2D eigenvalue weighted by Gasteiger charge is -2.24. The van der Waals surface area contributed by atoms with Crippen molar-refractivity contribution in [2.45, 2.75) is 6.92 Å². The van der Waals surface area contributed by atoms with Gasteiger partial charge in [0, 0.05) is 25.8 Å². The Kier molecular flexibility index (Phi) is 6.68. The molecule has 1 N–H and O–H groups in total. The summed E-state index contributed by atoms with van der Waals surface area (Å²) in [5.41, 5.74) is 0.490. The molecule has 6 nitrogen and oxygen atoms in total. The summed E-state index contributed by atoms with van der Waals surface area (Å²) >= 11 is 0. The molecule has 116 valence electrons. The van der Waals surface area contributed by atoms with Crippen molar-refractivity contribution in [3.05, 3.63) is 29.8 Å². The van der Waals surface area contributed by atoms with Gasteiger partial charge in [-0.05, 0) is 24.3 Å². The molecule has 0 aliphatic carbocycles. The Morgan fingerprint density at radius 2 is 1.86 bits per heavy atom. The number of benzene rings is 1. The Balaban J connectivity index is 2.84. The molecule has 0 spiro atoms. The van der Waals surface area contributed by atoms with E-state index in [0.717, 1.165) is 0 Å². The van der Waals surface area contributed by atoms with E-state index in [4.69, 9.17) is 14.6 Å². The lowest BCUT2D eigenvalue weighted by Crippen LogP contribution is -2.39. The summed E-state index contributed by atoms with van der Waals surface area (Å²) in [6, 6.07) is 6.71. The summed E-state index contributed by atoms with van der Waals surface area (Å²) in [6.45, 7) is 2.42.